The number of sulfonamides is 1. The molecule has 20 heavy (non-hydrogen) atoms. The molecule has 2 rings (SSSR count). The first-order valence-corrected chi connectivity index (χ1v) is 8.44. The van der Waals surface area contributed by atoms with E-state index in [2.05, 4.69) is 10.6 Å². The Labute approximate surface area is 121 Å². The number of nitrogens with zero attached hydrogens (tertiary/aromatic N) is 1. The van der Waals surface area contributed by atoms with Crippen LogP contribution in [-0.2, 0) is 10.0 Å². The molecule has 0 unspecified atom stereocenters. The van der Waals surface area contributed by atoms with Gasteiger partial charge < -0.3 is 10.6 Å². The van der Waals surface area contributed by atoms with Crippen LogP contribution >= 0.6 is 0 Å². The van der Waals surface area contributed by atoms with Gasteiger partial charge in [-0.3, -0.25) is 0 Å². The summed E-state index contributed by atoms with van der Waals surface area (Å²) in [4.78, 5) is 0.325. The number of anilines is 1. The molecule has 6 heteroatoms. The number of rotatable bonds is 6. The fraction of sp³-hybridized carbons (Fsp3) is 0.571. The maximum atomic E-state index is 11.9. The molecule has 1 fully saturated rings. The first-order chi connectivity index (χ1) is 9.50. The van der Waals surface area contributed by atoms with Gasteiger partial charge in [0.2, 0.25) is 10.0 Å². The topological polar surface area (TPSA) is 61.4 Å². The van der Waals surface area contributed by atoms with Crippen LogP contribution in [0.2, 0.25) is 0 Å². The van der Waals surface area contributed by atoms with Crippen molar-refractivity contribution in [2.75, 3.05) is 32.5 Å². The molecular weight excluding hydrogens is 274 g/mol. The third kappa shape index (κ3) is 3.71. The van der Waals surface area contributed by atoms with Crippen LogP contribution in [0.4, 0.5) is 5.69 Å². The van der Waals surface area contributed by atoms with Crippen LogP contribution in [0.3, 0.4) is 0 Å². The molecule has 112 valence electrons. The molecule has 0 saturated carbocycles. The van der Waals surface area contributed by atoms with Crippen LogP contribution in [0.15, 0.2) is 29.2 Å². The van der Waals surface area contributed by atoms with Gasteiger partial charge in [0.05, 0.1) is 4.90 Å². The lowest BCUT2D eigenvalue weighted by Crippen LogP contribution is -2.24. The largest absolute Gasteiger partial charge is 0.385 e. The Hall–Kier alpha value is -1.11. The van der Waals surface area contributed by atoms with Gasteiger partial charge >= 0.3 is 0 Å². The third-order valence-electron chi connectivity index (χ3n) is 3.62. The van der Waals surface area contributed by atoms with E-state index in [1.54, 1.807) is 12.1 Å². The van der Waals surface area contributed by atoms with Crippen LogP contribution in [-0.4, -0.2) is 45.9 Å². The van der Waals surface area contributed by atoms with Gasteiger partial charge in [-0.25, -0.2) is 12.7 Å². The second kappa shape index (κ2) is 6.56. The standard InChI is InChI=1S/C14H23N3O2S/c1-17(2)20(18,19)14-7-5-13(6-8-14)16-11-9-12-4-3-10-15-12/h5-8,12,15-16H,3-4,9-11H2,1-2H3/t12-/m1/s1. The average molecular weight is 297 g/mol. The average Bonchev–Trinajstić information content (AvgIpc) is 2.92. The Bertz CT molecular complexity index is 520. The van der Waals surface area contributed by atoms with Crippen LogP contribution in [0, 0.1) is 0 Å². The Balaban J connectivity index is 1.88. The molecule has 5 nitrogen and oxygen atoms in total. The summed E-state index contributed by atoms with van der Waals surface area (Å²) in [6.07, 6.45) is 3.61. The van der Waals surface area contributed by atoms with Crippen molar-refractivity contribution in [2.45, 2.75) is 30.2 Å². The molecule has 1 aromatic carbocycles. The molecule has 1 saturated heterocycles. The second-order valence-corrected chi connectivity index (χ2v) is 7.47. The van der Waals surface area contributed by atoms with E-state index in [0.717, 1.165) is 25.2 Å². The first kappa shape index (κ1) is 15.3. The monoisotopic (exact) mass is 297 g/mol. The Kier molecular flexibility index (Phi) is 5.01. The maximum absolute atomic E-state index is 11.9. The van der Waals surface area contributed by atoms with Crippen molar-refractivity contribution < 1.29 is 8.42 Å². The van der Waals surface area contributed by atoms with E-state index in [1.807, 2.05) is 12.1 Å². The van der Waals surface area contributed by atoms with E-state index < -0.39 is 10.0 Å². The first-order valence-electron chi connectivity index (χ1n) is 7.00. The molecule has 1 aromatic rings. The van der Waals surface area contributed by atoms with Crippen molar-refractivity contribution in [3.63, 3.8) is 0 Å². The van der Waals surface area contributed by atoms with E-state index in [4.69, 9.17) is 0 Å². The van der Waals surface area contributed by atoms with Gasteiger partial charge in [0.1, 0.15) is 0 Å². The molecule has 0 aromatic heterocycles. The molecule has 1 aliphatic heterocycles. The number of hydrogen-bond acceptors (Lipinski definition) is 4. The maximum Gasteiger partial charge on any atom is 0.242 e. The van der Waals surface area contributed by atoms with Crippen molar-refractivity contribution in [1.29, 1.82) is 0 Å². The van der Waals surface area contributed by atoms with E-state index in [9.17, 15) is 8.42 Å². The Morgan fingerprint density at radius 1 is 1.30 bits per heavy atom. The molecule has 1 aliphatic rings. The van der Waals surface area contributed by atoms with Gasteiger partial charge in [0, 0.05) is 32.4 Å². The fourth-order valence-electron chi connectivity index (χ4n) is 2.35. The van der Waals surface area contributed by atoms with Crippen molar-refractivity contribution in [2.24, 2.45) is 0 Å². The molecule has 1 heterocycles. The van der Waals surface area contributed by atoms with Crippen molar-refractivity contribution in [1.82, 2.24) is 9.62 Å². The molecular formula is C14H23N3O2S. The lowest BCUT2D eigenvalue weighted by molar-refractivity contribution is 0.521. The highest BCUT2D eigenvalue weighted by atomic mass is 32.2. The van der Waals surface area contributed by atoms with Crippen LogP contribution in [0.5, 0.6) is 0 Å². The van der Waals surface area contributed by atoms with E-state index in [1.165, 1.54) is 31.2 Å². The minimum Gasteiger partial charge on any atom is -0.385 e. The highest BCUT2D eigenvalue weighted by Crippen LogP contribution is 2.17. The van der Waals surface area contributed by atoms with E-state index in [-0.39, 0.29) is 0 Å². The van der Waals surface area contributed by atoms with Crippen LogP contribution in [0.1, 0.15) is 19.3 Å². The van der Waals surface area contributed by atoms with Crippen molar-refractivity contribution in [3.8, 4) is 0 Å². The predicted octanol–water partition coefficient (Wildman–Crippen LogP) is 1.49. The molecule has 0 bridgehead atoms. The molecule has 1 atom stereocenters. The highest BCUT2D eigenvalue weighted by Gasteiger charge is 2.16. The van der Waals surface area contributed by atoms with Crippen molar-refractivity contribution >= 4 is 15.7 Å². The zero-order chi connectivity index (χ0) is 14.6. The minimum absolute atomic E-state index is 0.325. The summed E-state index contributed by atoms with van der Waals surface area (Å²) in [6.45, 7) is 2.03. The lowest BCUT2D eigenvalue weighted by Gasteiger charge is -2.13. The van der Waals surface area contributed by atoms with Crippen LogP contribution in [0.25, 0.3) is 0 Å². The summed E-state index contributed by atoms with van der Waals surface area (Å²) in [5.74, 6) is 0. The minimum atomic E-state index is -3.33. The number of benzene rings is 1. The fourth-order valence-corrected chi connectivity index (χ4v) is 3.25. The zero-order valence-corrected chi connectivity index (χ0v) is 12.9. The van der Waals surface area contributed by atoms with E-state index >= 15 is 0 Å². The summed E-state index contributed by atoms with van der Waals surface area (Å²) in [5.41, 5.74) is 0.959. The van der Waals surface area contributed by atoms with Gasteiger partial charge in [0.25, 0.3) is 0 Å². The molecule has 0 spiro atoms. The SMILES string of the molecule is CN(C)S(=O)(=O)c1ccc(NCC[C@H]2CCCN2)cc1. The van der Waals surface area contributed by atoms with Gasteiger partial charge in [-0.15, -0.1) is 0 Å². The lowest BCUT2D eigenvalue weighted by atomic mass is 10.1. The summed E-state index contributed by atoms with van der Waals surface area (Å²) in [7, 11) is -0.256. The molecule has 0 radical (unpaired) electrons. The smallest absolute Gasteiger partial charge is 0.242 e. The number of nitrogens with one attached hydrogen (secondary N) is 2. The molecule has 0 aliphatic carbocycles. The third-order valence-corrected chi connectivity index (χ3v) is 5.45. The summed E-state index contributed by atoms with van der Waals surface area (Å²) < 4.78 is 25.1. The summed E-state index contributed by atoms with van der Waals surface area (Å²) >= 11 is 0. The Morgan fingerprint density at radius 2 is 2.00 bits per heavy atom. The Morgan fingerprint density at radius 3 is 2.55 bits per heavy atom. The molecule has 0 amide bonds. The van der Waals surface area contributed by atoms with E-state index in [0.29, 0.717) is 10.9 Å². The zero-order valence-electron chi connectivity index (χ0n) is 12.1. The number of hydrogen-bond donors (Lipinski definition) is 2. The summed E-state index contributed by atoms with van der Waals surface area (Å²) in [5, 5.41) is 6.79. The molecule has 2 N–H and O–H groups in total. The second-order valence-electron chi connectivity index (χ2n) is 5.32. The highest BCUT2D eigenvalue weighted by molar-refractivity contribution is 7.89. The summed E-state index contributed by atoms with van der Waals surface area (Å²) in [6, 6.07) is 7.55. The van der Waals surface area contributed by atoms with Gasteiger partial charge in [-0.05, 0) is 50.1 Å². The van der Waals surface area contributed by atoms with Crippen molar-refractivity contribution in [3.05, 3.63) is 24.3 Å². The van der Waals surface area contributed by atoms with Gasteiger partial charge in [-0.1, -0.05) is 0 Å². The van der Waals surface area contributed by atoms with Crippen LogP contribution < -0.4 is 10.6 Å². The quantitative estimate of drug-likeness (QED) is 0.835. The normalized spacial score (nSPS) is 19.4. The van der Waals surface area contributed by atoms with Gasteiger partial charge in [-0.2, -0.15) is 0 Å². The van der Waals surface area contributed by atoms with Gasteiger partial charge in [0.15, 0.2) is 0 Å². The predicted molar refractivity (Wildman–Crippen MR) is 81.4 cm³/mol.